The number of aryl methyl sites for hydroxylation is 1. The van der Waals surface area contributed by atoms with Gasteiger partial charge >= 0.3 is 0 Å². The number of halogens is 1. The standard InChI is InChI=1S/C24H28FN5O/c1-3-18-15-20(24(31)29-13-11-28(4-2)12-14-29)21-22(16-5-6-16)27-30(23(21)26-18)19-9-7-17(25)8-10-19/h7-10,15-16H,3-6,11-14H2,1-2H3. The van der Waals surface area contributed by atoms with Crippen molar-refractivity contribution in [2.45, 2.75) is 39.0 Å². The van der Waals surface area contributed by atoms with Gasteiger partial charge in [0.05, 0.1) is 22.3 Å². The first-order valence-electron chi connectivity index (χ1n) is 11.3. The van der Waals surface area contributed by atoms with Crippen LogP contribution in [0.3, 0.4) is 0 Å². The van der Waals surface area contributed by atoms with E-state index in [1.165, 1.54) is 12.1 Å². The van der Waals surface area contributed by atoms with Gasteiger partial charge in [0, 0.05) is 37.8 Å². The first-order chi connectivity index (χ1) is 15.1. The van der Waals surface area contributed by atoms with Crippen LogP contribution >= 0.6 is 0 Å². The Kier molecular flexibility index (Phi) is 5.22. The number of aromatic nitrogens is 3. The Morgan fingerprint density at radius 3 is 2.42 bits per heavy atom. The fourth-order valence-electron chi connectivity index (χ4n) is 4.39. The van der Waals surface area contributed by atoms with Gasteiger partial charge in [0.15, 0.2) is 5.65 Å². The van der Waals surface area contributed by atoms with E-state index in [1.54, 1.807) is 16.8 Å². The van der Waals surface area contributed by atoms with Crippen LogP contribution in [0.25, 0.3) is 16.7 Å². The van der Waals surface area contributed by atoms with Gasteiger partial charge in [-0.3, -0.25) is 4.79 Å². The molecule has 0 atom stereocenters. The summed E-state index contributed by atoms with van der Waals surface area (Å²) < 4.78 is 15.3. The zero-order valence-electron chi connectivity index (χ0n) is 18.1. The van der Waals surface area contributed by atoms with Gasteiger partial charge in [0.25, 0.3) is 5.91 Å². The van der Waals surface area contributed by atoms with E-state index in [1.807, 2.05) is 17.9 Å². The number of rotatable bonds is 5. The fraction of sp³-hybridized carbons (Fsp3) is 0.458. The van der Waals surface area contributed by atoms with Crippen molar-refractivity contribution in [3.8, 4) is 5.69 Å². The number of nitrogens with zero attached hydrogens (tertiary/aromatic N) is 5. The summed E-state index contributed by atoms with van der Waals surface area (Å²) in [5, 5.41) is 5.76. The second-order valence-electron chi connectivity index (χ2n) is 8.49. The number of carbonyl (C=O) groups excluding carboxylic acids is 1. The van der Waals surface area contributed by atoms with Crippen LogP contribution in [0.1, 0.15) is 54.4 Å². The Morgan fingerprint density at radius 2 is 1.81 bits per heavy atom. The molecule has 1 aliphatic carbocycles. The minimum Gasteiger partial charge on any atom is -0.336 e. The SMILES string of the molecule is CCc1cc(C(=O)N2CCN(CC)CC2)c2c(C3CC3)nn(-c3ccc(F)cc3)c2n1. The van der Waals surface area contributed by atoms with Gasteiger partial charge in [-0.05, 0) is 56.1 Å². The Bertz CT molecular complexity index is 1110. The molecule has 5 rings (SSSR count). The van der Waals surface area contributed by atoms with Gasteiger partial charge in [-0.15, -0.1) is 0 Å². The lowest BCUT2D eigenvalue weighted by Crippen LogP contribution is -2.48. The van der Waals surface area contributed by atoms with Crippen LogP contribution in [-0.4, -0.2) is 63.2 Å². The number of hydrogen-bond donors (Lipinski definition) is 0. The lowest BCUT2D eigenvalue weighted by Gasteiger charge is -2.34. The highest BCUT2D eigenvalue weighted by atomic mass is 19.1. The van der Waals surface area contributed by atoms with E-state index in [-0.39, 0.29) is 11.7 Å². The molecular weight excluding hydrogens is 393 g/mol. The zero-order chi connectivity index (χ0) is 21.5. The van der Waals surface area contributed by atoms with Crippen molar-refractivity contribution in [2.24, 2.45) is 0 Å². The molecular formula is C24H28FN5O. The predicted octanol–water partition coefficient (Wildman–Crippen LogP) is 3.78. The van der Waals surface area contributed by atoms with Crippen molar-refractivity contribution in [2.75, 3.05) is 32.7 Å². The van der Waals surface area contributed by atoms with E-state index in [4.69, 9.17) is 10.1 Å². The number of piperazine rings is 1. The van der Waals surface area contributed by atoms with Crippen molar-refractivity contribution in [1.82, 2.24) is 24.6 Å². The van der Waals surface area contributed by atoms with Crippen LogP contribution in [0.2, 0.25) is 0 Å². The maximum absolute atomic E-state index is 13.7. The monoisotopic (exact) mass is 421 g/mol. The quantitative estimate of drug-likeness (QED) is 0.629. The summed E-state index contributed by atoms with van der Waals surface area (Å²) in [6.45, 7) is 8.50. The number of hydrogen-bond acceptors (Lipinski definition) is 4. The zero-order valence-corrected chi connectivity index (χ0v) is 18.1. The molecule has 2 aliphatic rings. The second kappa shape index (κ2) is 8.04. The average molecular weight is 422 g/mol. The molecule has 3 heterocycles. The predicted molar refractivity (Wildman–Crippen MR) is 118 cm³/mol. The molecule has 2 fully saturated rings. The highest BCUT2D eigenvalue weighted by molar-refractivity contribution is 6.07. The minimum atomic E-state index is -0.285. The van der Waals surface area contributed by atoms with E-state index in [9.17, 15) is 9.18 Å². The van der Waals surface area contributed by atoms with Gasteiger partial charge in [0.1, 0.15) is 5.82 Å². The van der Waals surface area contributed by atoms with Crippen molar-refractivity contribution in [3.05, 3.63) is 53.1 Å². The summed E-state index contributed by atoms with van der Waals surface area (Å²) in [6.07, 6.45) is 2.88. The molecule has 0 unspecified atom stereocenters. The van der Waals surface area contributed by atoms with Crippen LogP contribution in [-0.2, 0) is 6.42 Å². The molecule has 1 aliphatic heterocycles. The number of amides is 1. The molecule has 1 aromatic carbocycles. The van der Waals surface area contributed by atoms with Crippen molar-refractivity contribution >= 4 is 16.9 Å². The minimum absolute atomic E-state index is 0.0680. The van der Waals surface area contributed by atoms with Crippen molar-refractivity contribution in [1.29, 1.82) is 0 Å². The Hall–Kier alpha value is -2.80. The van der Waals surface area contributed by atoms with Crippen LogP contribution in [0.15, 0.2) is 30.3 Å². The summed E-state index contributed by atoms with van der Waals surface area (Å²) in [6, 6.07) is 8.25. The van der Waals surface area contributed by atoms with Crippen molar-refractivity contribution in [3.63, 3.8) is 0 Å². The molecule has 2 aromatic heterocycles. The summed E-state index contributed by atoms with van der Waals surface area (Å²) in [5.41, 5.74) is 3.98. The molecule has 7 heteroatoms. The maximum Gasteiger partial charge on any atom is 0.254 e. The molecule has 1 amide bonds. The van der Waals surface area contributed by atoms with Crippen LogP contribution < -0.4 is 0 Å². The number of fused-ring (bicyclic) bond motifs is 1. The molecule has 1 saturated heterocycles. The van der Waals surface area contributed by atoms with Gasteiger partial charge in [-0.2, -0.15) is 5.10 Å². The van der Waals surface area contributed by atoms with Crippen LogP contribution in [0.4, 0.5) is 4.39 Å². The van der Waals surface area contributed by atoms with E-state index >= 15 is 0 Å². The first-order valence-corrected chi connectivity index (χ1v) is 11.3. The molecule has 31 heavy (non-hydrogen) atoms. The first kappa shape index (κ1) is 20.1. The molecule has 162 valence electrons. The third-order valence-electron chi connectivity index (χ3n) is 6.45. The maximum atomic E-state index is 13.7. The van der Waals surface area contributed by atoms with E-state index in [0.29, 0.717) is 17.1 Å². The Balaban J connectivity index is 1.64. The summed E-state index contributed by atoms with van der Waals surface area (Å²) in [5.74, 6) is 0.146. The number of pyridine rings is 1. The average Bonchev–Trinajstić information content (AvgIpc) is 3.59. The number of carbonyl (C=O) groups is 1. The highest BCUT2D eigenvalue weighted by Crippen LogP contribution is 2.43. The third-order valence-corrected chi connectivity index (χ3v) is 6.45. The van der Waals surface area contributed by atoms with Crippen LogP contribution in [0, 0.1) is 5.82 Å². The van der Waals surface area contributed by atoms with Crippen molar-refractivity contribution < 1.29 is 9.18 Å². The smallest absolute Gasteiger partial charge is 0.254 e. The largest absolute Gasteiger partial charge is 0.336 e. The molecule has 0 bridgehead atoms. The molecule has 6 nitrogen and oxygen atoms in total. The normalized spacial score (nSPS) is 17.5. The molecule has 3 aromatic rings. The molecule has 1 saturated carbocycles. The van der Waals surface area contributed by atoms with Gasteiger partial charge in [-0.25, -0.2) is 14.1 Å². The van der Waals surface area contributed by atoms with E-state index in [0.717, 1.165) is 74.4 Å². The lowest BCUT2D eigenvalue weighted by molar-refractivity contribution is 0.0645. The van der Waals surface area contributed by atoms with Gasteiger partial charge < -0.3 is 9.80 Å². The highest BCUT2D eigenvalue weighted by Gasteiger charge is 2.33. The molecule has 0 N–H and O–H groups in total. The van der Waals surface area contributed by atoms with E-state index < -0.39 is 0 Å². The number of benzene rings is 1. The van der Waals surface area contributed by atoms with Gasteiger partial charge in [-0.1, -0.05) is 13.8 Å². The third kappa shape index (κ3) is 3.71. The topological polar surface area (TPSA) is 54.3 Å². The summed E-state index contributed by atoms with van der Waals surface area (Å²) >= 11 is 0. The molecule has 0 spiro atoms. The Labute approximate surface area is 181 Å². The second-order valence-corrected chi connectivity index (χ2v) is 8.49. The molecule has 0 radical (unpaired) electrons. The fourth-order valence-corrected chi connectivity index (χ4v) is 4.39. The lowest BCUT2D eigenvalue weighted by atomic mass is 10.0. The van der Waals surface area contributed by atoms with Crippen LogP contribution in [0.5, 0.6) is 0 Å². The summed E-state index contributed by atoms with van der Waals surface area (Å²) in [7, 11) is 0. The number of likely N-dealkylation sites (N-methyl/N-ethyl adjacent to an activating group) is 1. The van der Waals surface area contributed by atoms with E-state index in [2.05, 4.69) is 11.8 Å². The van der Waals surface area contributed by atoms with Gasteiger partial charge in [0.2, 0.25) is 0 Å². The summed E-state index contributed by atoms with van der Waals surface area (Å²) in [4.78, 5) is 22.9. The Morgan fingerprint density at radius 1 is 1.10 bits per heavy atom.